The molecule has 7 nitrogen and oxygen atoms in total. The molecule has 8 atom stereocenters. The maximum atomic E-state index is 15.3. The Morgan fingerprint density at radius 2 is 1.60 bits per heavy atom. The van der Waals surface area contributed by atoms with Crippen molar-refractivity contribution in [2.75, 3.05) is 19.0 Å². The van der Waals surface area contributed by atoms with Crippen LogP contribution in [0.15, 0.2) is 109 Å². The Bertz CT molecular complexity index is 2340. The predicted molar refractivity (Wildman–Crippen MR) is 225 cm³/mol. The number of halogens is 2. The van der Waals surface area contributed by atoms with Crippen molar-refractivity contribution in [3.8, 4) is 5.75 Å². The van der Waals surface area contributed by atoms with Crippen molar-refractivity contribution in [1.82, 2.24) is 4.90 Å². The van der Waals surface area contributed by atoms with Crippen molar-refractivity contribution in [1.29, 1.82) is 0 Å². The number of nitrogens with one attached hydrogen (secondary N) is 1. The van der Waals surface area contributed by atoms with Gasteiger partial charge in [-0.1, -0.05) is 92.2 Å². The number of anilines is 1. The van der Waals surface area contributed by atoms with Crippen molar-refractivity contribution in [2.24, 2.45) is 33.5 Å². The number of hydrogen-bond donors (Lipinski definition) is 3. The molecule has 6 aliphatic rings. The Hall–Kier alpha value is -4.50. The Labute approximate surface area is 344 Å². The number of ketones is 1. The molecule has 2 spiro atoms. The smallest absolute Gasteiger partial charge is 0.322 e. The highest BCUT2D eigenvalue weighted by Gasteiger charge is 2.74. The molecule has 10 rings (SSSR count). The third-order valence-corrected chi connectivity index (χ3v) is 16.1. The minimum Gasteiger partial charge on any atom is -0.497 e. The maximum absolute atomic E-state index is 15.3. The van der Waals surface area contributed by atoms with Gasteiger partial charge in [0.05, 0.1) is 25.4 Å². The van der Waals surface area contributed by atoms with Crippen LogP contribution in [0.1, 0.15) is 69.9 Å². The summed E-state index contributed by atoms with van der Waals surface area (Å²) in [7, 11) is 1.60. The molecule has 302 valence electrons. The van der Waals surface area contributed by atoms with Crippen LogP contribution in [0.4, 0.5) is 14.9 Å². The first-order valence-corrected chi connectivity index (χ1v) is 21.1. The first-order valence-electron chi connectivity index (χ1n) is 20.7. The molecule has 0 aliphatic heterocycles. The molecule has 0 aromatic heterocycles. The lowest BCUT2D eigenvalue weighted by Gasteiger charge is -2.71. The molecular weight excluding hydrogens is 751 g/mol. The van der Waals surface area contributed by atoms with E-state index in [-0.39, 0.29) is 59.2 Å². The largest absolute Gasteiger partial charge is 0.497 e. The highest BCUT2D eigenvalue weighted by atomic mass is 35.5. The first kappa shape index (κ1) is 39.0. The van der Waals surface area contributed by atoms with E-state index < -0.39 is 33.8 Å². The number of carbonyl (C=O) groups excluding carboxylic acids is 2. The molecule has 3 N–H and O–H groups in total. The van der Waals surface area contributed by atoms with Crippen LogP contribution in [0.5, 0.6) is 5.75 Å². The molecule has 1 unspecified atom stereocenters. The van der Waals surface area contributed by atoms with Gasteiger partial charge in [0, 0.05) is 51.1 Å². The molecule has 2 bridgehead atoms. The van der Waals surface area contributed by atoms with Crippen LogP contribution in [-0.4, -0.2) is 52.3 Å². The van der Waals surface area contributed by atoms with Crippen molar-refractivity contribution in [3.63, 3.8) is 0 Å². The standard InChI is InChI=1S/C49H52ClFN2O5/c1-45-21-18-34(54)27-47(45)24-25-49(38(28-47)41(55)26-37-39(50)12-7-13-40(37)51)42(45)19-22-46(2)43(49)20-23-48(46,57)30-53(44(56)52-33-14-16-35(58-3)17-15-33)29-32-10-6-9-31-8-4-5-11-36(31)32/h4-17,24-25,28,34,42-43,54,57H,18-23,26-27,29-30H2,1-3H3,(H,52,56)/t34?,42-,43-,45-,46+,47+,48-,49-/m1/s1. The van der Waals surface area contributed by atoms with Gasteiger partial charge in [-0.3, -0.25) is 4.79 Å². The second-order valence-corrected chi connectivity index (χ2v) is 18.7. The molecule has 0 radical (unpaired) electrons. The van der Waals surface area contributed by atoms with E-state index in [4.69, 9.17) is 16.3 Å². The second kappa shape index (κ2) is 14.1. The van der Waals surface area contributed by atoms with Crippen LogP contribution in [0.25, 0.3) is 10.8 Å². The fourth-order valence-corrected chi connectivity index (χ4v) is 12.9. The zero-order valence-corrected chi connectivity index (χ0v) is 34.2. The zero-order chi connectivity index (χ0) is 40.7. The van der Waals surface area contributed by atoms with Gasteiger partial charge in [-0.2, -0.15) is 0 Å². The number of rotatable bonds is 9. The molecular formula is C49H52ClFN2O5. The Balaban J connectivity index is 1.11. The fourth-order valence-electron chi connectivity index (χ4n) is 12.6. The molecule has 3 saturated carbocycles. The normalized spacial score (nSPS) is 33.2. The summed E-state index contributed by atoms with van der Waals surface area (Å²) in [6.07, 6.45) is 10.6. The molecule has 4 aromatic rings. The van der Waals surface area contributed by atoms with Gasteiger partial charge in [-0.25, -0.2) is 9.18 Å². The van der Waals surface area contributed by atoms with Crippen molar-refractivity contribution in [3.05, 3.63) is 131 Å². The lowest BCUT2D eigenvalue weighted by Crippen LogP contribution is -2.67. The molecule has 9 heteroatoms. The summed E-state index contributed by atoms with van der Waals surface area (Å²) in [5.74, 6) is -0.0656. The van der Waals surface area contributed by atoms with Crippen LogP contribution in [0.3, 0.4) is 0 Å². The number of methoxy groups -OCH3 is 1. The molecule has 0 saturated heterocycles. The third kappa shape index (κ3) is 5.80. The van der Waals surface area contributed by atoms with Crippen LogP contribution in [-0.2, 0) is 17.8 Å². The molecule has 2 amide bonds. The second-order valence-electron chi connectivity index (χ2n) is 18.3. The van der Waals surface area contributed by atoms with Gasteiger partial charge in [-0.15, -0.1) is 0 Å². The fraction of sp³-hybridized carbons (Fsp3) is 0.429. The number of urea groups is 1. The number of allylic oxidation sites excluding steroid dienone is 4. The van der Waals surface area contributed by atoms with E-state index in [1.807, 2.05) is 24.3 Å². The van der Waals surface area contributed by atoms with Crippen LogP contribution in [0.2, 0.25) is 5.02 Å². The van der Waals surface area contributed by atoms with E-state index in [0.717, 1.165) is 29.2 Å². The monoisotopic (exact) mass is 802 g/mol. The highest BCUT2D eigenvalue weighted by molar-refractivity contribution is 6.31. The Morgan fingerprint density at radius 3 is 2.38 bits per heavy atom. The van der Waals surface area contributed by atoms with Crippen LogP contribution in [0, 0.1) is 39.3 Å². The SMILES string of the molecule is COc1ccc(NC(=O)N(Cc2cccc3ccccc23)C[C@]2(O)CC[C@H]3[C@]45C=C[C@@]6(C=C4C(=O)Cc4c(F)cccc4Cl)CC(O)CC[C@]6(C)[C@H]5CC[C@@]32C)cc1. The molecule has 4 aromatic carbocycles. The zero-order valence-electron chi connectivity index (χ0n) is 33.4. The minimum absolute atomic E-state index is 0.0723. The van der Waals surface area contributed by atoms with E-state index in [9.17, 15) is 19.8 Å². The number of aliphatic hydroxyl groups excluding tert-OH is 1. The number of benzene rings is 4. The number of aliphatic hydroxyl groups is 2. The molecule has 3 fully saturated rings. The number of Topliss-reactive ketones (excluding diaryl/α,β-unsaturated/α-hetero) is 1. The van der Waals surface area contributed by atoms with E-state index in [1.165, 1.54) is 6.07 Å². The quantitative estimate of drug-likeness (QED) is 0.146. The number of amides is 2. The summed E-state index contributed by atoms with van der Waals surface area (Å²) in [6.45, 7) is 4.86. The summed E-state index contributed by atoms with van der Waals surface area (Å²) < 4.78 is 20.6. The average molecular weight is 803 g/mol. The van der Waals surface area contributed by atoms with Gasteiger partial charge in [0.2, 0.25) is 0 Å². The minimum atomic E-state index is -1.30. The number of carbonyl (C=O) groups is 2. The molecule has 0 heterocycles. The molecule has 58 heavy (non-hydrogen) atoms. The van der Waals surface area contributed by atoms with Crippen LogP contribution >= 0.6 is 11.6 Å². The van der Waals surface area contributed by atoms with Gasteiger partial charge in [0.15, 0.2) is 5.78 Å². The van der Waals surface area contributed by atoms with E-state index in [0.29, 0.717) is 49.1 Å². The summed E-state index contributed by atoms with van der Waals surface area (Å²) >= 11 is 6.52. The summed E-state index contributed by atoms with van der Waals surface area (Å²) in [5, 5.41) is 29.8. The summed E-state index contributed by atoms with van der Waals surface area (Å²) in [4.78, 5) is 31.1. The van der Waals surface area contributed by atoms with Gasteiger partial charge in [0.25, 0.3) is 0 Å². The van der Waals surface area contributed by atoms with Gasteiger partial charge in [-0.05, 0) is 115 Å². The van der Waals surface area contributed by atoms with Gasteiger partial charge in [0.1, 0.15) is 11.6 Å². The van der Waals surface area contributed by atoms with Gasteiger partial charge >= 0.3 is 6.03 Å². The van der Waals surface area contributed by atoms with E-state index >= 15 is 4.39 Å². The van der Waals surface area contributed by atoms with E-state index in [1.54, 1.807) is 48.4 Å². The van der Waals surface area contributed by atoms with E-state index in [2.05, 4.69) is 55.6 Å². The number of hydrogen-bond acceptors (Lipinski definition) is 5. The number of nitrogens with zero attached hydrogens (tertiary/aromatic N) is 1. The molecule has 6 aliphatic carbocycles. The Kier molecular flexibility index (Phi) is 9.45. The van der Waals surface area contributed by atoms with Crippen molar-refractivity contribution >= 4 is 39.9 Å². The Morgan fingerprint density at radius 1 is 0.897 bits per heavy atom. The summed E-state index contributed by atoms with van der Waals surface area (Å²) in [6, 6.07) is 25.6. The van der Waals surface area contributed by atoms with Crippen molar-refractivity contribution in [2.45, 2.75) is 83.5 Å². The topological polar surface area (TPSA) is 99.1 Å². The summed E-state index contributed by atoms with van der Waals surface area (Å²) in [5.41, 5.74) is -1.02. The third-order valence-electron chi connectivity index (χ3n) is 15.7. The van der Waals surface area contributed by atoms with Crippen LogP contribution < -0.4 is 10.1 Å². The number of fused-ring (bicyclic) bond motifs is 2. The highest BCUT2D eigenvalue weighted by Crippen LogP contribution is 2.78. The van der Waals surface area contributed by atoms with Crippen molar-refractivity contribution < 1.29 is 28.9 Å². The predicted octanol–water partition coefficient (Wildman–Crippen LogP) is 10.1. The average Bonchev–Trinajstić information content (AvgIpc) is 3.49. The lowest BCUT2D eigenvalue weighted by atomic mass is 9.32. The maximum Gasteiger partial charge on any atom is 0.322 e. The van der Waals surface area contributed by atoms with Gasteiger partial charge < -0.3 is 25.2 Å². The lowest BCUT2D eigenvalue weighted by molar-refractivity contribution is -0.177. The number of ether oxygens (including phenoxy) is 1. The first-order chi connectivity index (χ1) is 27.8.